The Kier molecular flexibility index (Phi) is 6.42. The van der Waals surface area contributed by atoms with E-state index < -0.39 is 11.9 Å². The third-order valence-corrected chi connectivity index (χ3v) is 4.61. The summed E-state index contributed by atoms with van der Waals surface area (Å²) in [6.45, 7) is 12.2. The van der Waals surface area contributed by atoms with Crippen molar-refractivity contribution in [1.29, 1.82) is 0 Å². The highest BCUT2D eigenvalue weighted by molar-refractivity contribution is 5.88. The summed E-state index contributed by atoms with van der Waals surface area (Å²) in [5, 5.41) is 0.979. The van der Waals surface area contributed by atoms with Crippen molar-refractivity contribution in [3.05, 3.63) is 59.7 Å². The summed E-state index contributed by atoms with van der Waals surface area (Å²) in [6, 6.07) is 16.1. The molecule has 0 fully saturated rings. The number of carbonyl (C=O) groups excluding carboxylic acids is 1. The SMILES string of the molecule is CC.CC(C(=O)OF)c1ccc2[nH]c(-c3cccc(C(C)(C)C)c3)cc2c1. The second kappa shape index (κ2) is 8.38. The maximum Gasteiger partial charge on any atom is 0.355 e. The van der Waals surface area contributed by atoms with Crippen LogP contribution in [0.4, 0.5) is 4.53 Å². The lowest BCUT2D eigenvalue weighted by Crippen LogP contribution is -2.10. The molecule has 2 aromatic carbocycles. The van der Waals surface area contributed by atoms with Gasteiger partial charge in [0.25, 0.3) is 0 Å². The van der Waals surface area contributed by atoms with Crippen molar-refractivity contribution >= 4 is 16.9 Å². The van der Waals surface area contributed by atoms with Gasteiger partial charge in [-0.3, -0.25) is 4.94 Å². The Hall–Kier alpha value is -2.62. The molecule has 0 saturated heterocycles. The fourth-order valence-corrected chi connectivity index (χ4v) is 2.93. The van der Waals surface area contributed by atoms with Gasteiger partial charge in [0.1, 0.15) is 0 Å². The Morgan fingerprint density at radius 3 is 2.41 bits per heavy atom. The predicted molar refractivity (Wildman–Crippen MR) is 109 cm³/mol. The monoisotopic (exact) mass is 369 g/mol. The molecule has 3 nitrogen and oxygen atoms in total. The number of H-pyrrole nitrogens is 1. The Morgan fingerprint density at radius 2 is 1.78 bits per heavy atom. The van der Waals surface area contributed by atoms with Crippen LogP contribution in [0.5, 0.6) is 0 Å². The minimum atomic E-state index is -0.881. The summed E-state index contributed by atoms with van der Waals surface area (Å²) >= 11 is 0. The molecular weight excluding hydrogens is 341 g/mol. The molecular formula is C23H28FNO2. The largest absolute Gasteiger partial charge is 0.355 e. The first-order chi connectivity index (χ1) is 12.8. The average molecular weight is 369 g/mol. The molecule has 0 aliphatic carbocycles. The Morgan fingerprint density at radius 1 is 1.07 bits per heavy atom. The van der Waals surface area contributed by atoms with Gasteiger partial charge in [-0.2, -0.15) is 0 Å². The normalized spacial score (nSPS) is 12.3. The van der Waals surface area contributed by atoms with Crippen molar-refractivity contribution < 1.29 is 14.3 Å². The Bertz CT molecular complexity index is 922. The minimum Gasteiger partial charge on any atom is -0.355 e. The van der Waals surface area contributed by atoms with Gasteiger partial charge in [-0.1, -0.05) is 58.9 Å². The van der Waals surface area contributed by atoms with E-state index in [0.29, 0.717) is 0 Å². The molecule has 1 atom stereocenters. The van der Waals surface area contributed by atoms with Gasteiger partial charge in [-0.15, -0.1) is 0 Å². The topological polar surface area (TPSA) is 42.1 Å². The van der Waals surface area contributed by atoms with Crippen molar-refractivity contribution in [2.45, 2.75) is 52.9 Å². The van der Waals surface area contributed by atoms with Crippen LogP contribution in [0.2, 0.25) is 0 Å². The lowest BCUT2D eigenvalue weighted by Gasteiger charge is -2.19. The molecule has 0 aliphatic rings. The van der Waals surface area contributed by atoms with E-state index in [0.717, 1.165) is 27.7 Å². The molecule has 3 aromatic rings. The van der Waals surface area contributed by atoms with Crippen molar-refractivity contribution in [2.75, 3.05) is 0 Å². The van der Waals surface area contributed by atoms with Gasteiger partial charge in [0, 0.05) is 21.1 Å². The number of fused-ring (bicyclic) bond motifs is 1. The molecule has 0 spiro atoms. The van der Waals surface area contributed by atoms with E-state index in [4.69, 9.17) is 0 Å². The third-order valence-electron chi connectivity index (χ3n) is 4.61. The number of hydrogen-bond acceptors (Lipinski definition) is 2. The first-order valence-corrected chi connectivity index (χ1v) is 9.35. The average Bonchev–Trinajstić information content (AvgIpc) is 3.11. The van der Waals surface area contributed by atoms with Crippen LogP contribution in [-0.2, 0) is 15.2 Å². The van der Waals surface area contributed by atoms with Gasteiger partial charge in [-0.05, 0) is 53.3 Å². The summed E-state index contributed by atoms with van der Waals surface area (Å²) < 4.78 is 12.1. The van der Waals surface area contributed by atoms with E-state index in [1.165, 1.54) is 5.56 Å². The molecule has 0 radical (unpaired) electrons. The summed E-state index contributed by atoms with van der Waals surface area (Å²) in [4.78, 5) is 18.2. The molecule has 0 aliphatic heterocycles. The third kappa shape index (κ3) is 4.57. The highest BCUT2D eigenvalue weighted by Gasteiger charge is 2.19. The minimum absolute atomic E-state index is 0.0807. The molecule has 0 saturated carbocycles. The van der Waals surface area contributed by atoms with Crippen LogP contribution < -0.4 is 0 Å². The summed E-state index contributed by atoms with van der Waals surface area (Å²) in [5.41, 5.74) is 5.17. The lowest BCUT2D eigenvalue weighted by atomic mass is 9.86. The van der Waals surface area contributed by atoms with Crippen molar-refractivity contribution in [3.8, 4) is 11.3 Å². The zero-order valence-electron chi connectivity index (χ0n) is 16.9. The van der Waals surface area contributed by atoms with E-state index in [1.807, 2.05) is 38.1 Å². The van der Waals surface area contributed by atoms with E-state index in [2.05, 4.69) is 55.0 Å². The van der Waals surface area contributed by atoms with E-state index >= 15 is 0 Å². The lowest BCUT2D eigenvalue weighted by molar-refractivity contribution is -0.185. The smallest absolute Gasteiger partial charge is 0.355 e. The van der Waals surface area contributed by atoms with Gasteiger partial charge in [0.15, 0.2) is 0 Å². The molecule has 27 heavy (non-hydrogen) atoms. The molecule has 0 amide bonds. The number of benzene rings is 2. The number of rotatable bonds is 3. The van der Waals surface area contributed by atoms with Crippen molar-refractivity contribution in [2.24, 2.45) is 0 Å². The van der Waals surface area contributed by atoms with Gasteiger partial charge in [0.05, 0.1) is 5.92 Å². The molecule has 0 bridgehead atoms. The van der Waals surface area contributed by atoms with E-state index in [1.54, 1.807) is 6.92 Å². The van der Waals surface area contributed by atoms with Crippen molar-refractivity contribution in [1.82, 2.24) is 4.98 Å². The second-order valence-electron chi connectivity index (χ2n) is 7.48. The van der Waals surface area contributed by atoms with Crippen LogP contribution in [-0.4, -0.2) is 11.0 Å². The van der Waals surface area contributed by atoms with Gasteiger partial charge < -0.3 is 4.98 Å². The van der Waals surface area contributed by atoms with Gasteiger partial charge in [0.2, 0.25) is 0 Å². The number of hydrogen-bond donors (Lipinski definition) is 1. The highest BCUT2D eigenvalue weighted by Crippen LogP contribution is 2.30. The molecule has 4 heteroatoms. The second-order valence-corrected chi connectivity index (χ2v) is 7.48. The molecule has 144 valence electrons. The first kappa shape index (κ1) is 20.7. The van der Waals surface area contributed by atoms with Crippen molar-refractivity contribution in [3.63, 3.8) is 0 Å². The van der Waals surface area contributed by atoms with Gasteiger partial charge in [-0.25, -0.2) is 4.79 Å². The summed E-state index contributed by atoms with van der Waals surface area (Å²) in [7, 11) is 0. The van der Waals surface area contributed by atoms with E-state index in [9.17, 15) is 9.32 Å². The zero-order valence-corrected chi connectivity index (χ0v) is 16.9. The number of nitrogens with one attached hydrogen (secondary N) is 1. The molecule has 1 heterocycles. The highest BCUT2D eigenvalue weighted by atomic mass is 19.3. The Balaban J connectivity index is 0.00000126. The standard InChI is InChI=1S/C21H22FNO2.C2H6/c1-13(20(24)25-22)14-8-9-18-16(10-14)12-19(23-18)15-6-5-7-17(11-15)21(2,3)4;1-2/h5-13,23H,1-4H3;1-2H3. The zero-order chi connectivity index (χ0) is 20.2. The number of halogens is 1. The molecule has 1 aromatic heterocycles. The quantitative estimate of drug-likeness (QED) is 0.559. The fraction of sp³-hybridized carbons (Fsp3) is 0.348. The first-order valence-electron chi connectivity index (χ1n) is 9.35. The number of aromatic nitrogens is 1. The molecule has 3 rings (SSSR count). The van der Waals surface area contributed by atoms with Gasteiger partial charge >= 0.3 is 5.97 Å². The number of aromatic amines is 1. The predicted octanol–water partition coefficient (Wildman–Crippen LogP) is 6.69. The van der Waals surface area contributed by atoms with Crippen LogP contribution in [0.15, 0.2) is 48.5 Å². The van der Waals surface area contributed by atoms with Crippen LogP contribution in [0.1, 0.15) is 58.6 Å². The van der Waals surface area contributed by atoms with Crippen LogP contribution in [0.3, 0.4) is 0 Å². The summed E-state index contributed by atoms with van der Waals surface area (Å²) in [6.07, 6.45) is 0. The van der Waals surface area contributed by atoms with Crippen LogP contribution in [0, 0.1) is 0 Å². The molecule has 1 unspecified atom stereocenters. The number of carbonyl (C=O) groups is 1. The molecule has 1 N–H and O–H groups in total. The van der Waals surface area contributed by atoms with Crippen LogP contribution >= 0.6 is 0 Å². The van der Waals surface area contributed by atoms with Crippen LogP contribution in [0.25, 0.3) is 22.2 Å². The Labute approximate surface area is 160 Å². The maximum atomic E-state index is 12.1. The maximum absolute atomic E-state index is 12.1. The van der Waals surface area contributed by atoms with E-state index in [-0.39, 0.29) is 5.41 Å². The fourth-order valence-electron chi connectivity index (χ4n) is 2.93. The summed E-state index contributed by atoms with van der Waals surface area (Å²) in [5.74, 6) is -1.52.